The number of fused-ring (bicyclic) bond motifs is 1. The lowest BCUT2D eigenvalue weighted by atomic mass is 9.89. The second-order valence-corrected chi connectivity index (χ2v) is 5.45. The first kappa shape index (κ1) is 10.3. The van der Waals surface area contributed by atoms with Crippen molar-refractivity contribution < 1.29 is 0 Å². The monoisotopic (exact) mass is 235 g/mol. The van der Waals surface area contributed by atoms with E-state index in [9.17, 15) is 0 Å². The molecule has 4 heteroatoms. The molecule has 3 nitrogen and oxygen atoms in total. The van der Waals surface area contributed by atoms with Crippen molar-refractivity contribution in [1.82, 2.24) is 10.3 Å². The summed E-state index contributed by atoms with van der Waals surface area (Å²) in [5.74, 6) is 0.590. The molecule has 0 radical (unpaired) electrons. The van der Waals surface area contributed by atoms with E-state index in [1.54, 1.807) is 0 Å². The molecule has 1 fully saturated rings. The number of hydrazone groups is 1. The molecule has 86 valence electrons. The molecule has 0 aromatic carbocycles. The van der Waals surface area contributed by atoms with Crippen LogP contribution in [0.4, 0.5) is 0 Å². The summed E-state index contributed by atoms with van der Waals surface area (Å²) in [5, 5.41) is 6.66. The molecule has 2 aliphatic rings. The van der Waals surface area contributed by atoms with Gasteiger partial charge in [0, 0.05) is 36.0 Å². The maximum Gasteiger partial charge on any atom is 0.0874 e. The molecule has 1 N–H and O–H groups in total. The number of rotatable bonds is 2. The Balaban J connectivity index is 1.80. The quantitative estimate of drug-likeness (QED) is 0.850. The van der Waals surface area contributed by atoms with Gasteiger partial charge < -0.3 is 10.3 Å². The Morgan fingerprint density at radius 2 is 2.56 bits per heavy atom. The van der Waals surface area contributed by atoms with Crippen LogP contribution in [0.1, 0.15) is 24.3 Å². The summed E-state index contributed by atoms with van der Waals surface area (Å²) in [5.41, 5.74) is 4.70. The third-order valence-corrected chi connectivity index (χ3v) is 4.57. The standard InChI is InChI=1S/C12H17N3S/c1-2-15-6-5-10-9(8-15)12(14-13-10)11-4-3-7-16-11/h3-4,7,9,12,14H,2,5-6,8H2,1H3. The lowest BCUT2D eigenvalue weighted by molar-refractivity contribution is 0.239. The minimum atomic E-state index is 0.421. The zero-order chi connectivity index (χ0) is 11.0. The van der Waals surface area contributed by atoms with Gasteiger partial charge in [0.15, 0.2) is 0 Å². The Kier molecular flexibility index (Phi) is 2.69. The summed E-state index contributed by atoms with van der Waals surface area (Å²) in [4.78, 5) is 3.94. The van der Waals surface area contributed by atoms with Crippen molar-refractivity contribution in [3.8, 4) is 0 Å². The van der Waals surface area contributed by atoms with Crippen molar-refractivity contribution in [3.05, 3.63) is 22.4 Å². The molecule has 2 aliphatic heterocycles. The van der Waals surface area contributed by atoms with Crippen molar-refractivity contribution in [1.29, 1.82) is 0 Å². The number of thiophene rings is 1. The third kappa shape index (κ3) is 1.66. The molecule has 1 aromatic rings. The summed E-state index contributed by atoms with van der Waals surface area (Å²) in [6.45, 7) is 5.72. The van der Waals surface area contributed by atoms with Gasteiger partial charge in [-0.3, -0.25) is 0 Å². The minimum absolute atomic E-state index is 0.421. The number of likely N-dealkylation sites (tertiary alicyclic amines) is 1. The van der Waals surface area contributed by atoms with Crippen LogP contribution < -0.4 is 5.43 Å². The van der Waals surface area contributed by atoms with E-state index < -0.39 is 0 Å². The number of hydrogen-bond acceptors (Lipinski definition) is 4. The zero-order valence-corrected chi connectivity index (χ0v) is 10.3. The van der Waals surface area contributed by atoms with E-state index in [2.05, 4.69) is 39.9 Å². The maximum atomic E-state index is 4.51. The molecular formula is C12H17N3S. The molecule has 3 rings (SSSR count). The molecule has 0 aliphatic carbocycles. The number of hydrogen-bond donors (Lipinski definition) is 1. The molecule has 16 heavy (non-hydrogen) atoms. The second kappa shape index (κ2) is 4.18. The van der Waals surface area contributed by atoms with Gasteiger partial charge in [-0.15, -0.1) is 11.3 Å². The molecule has 0 amide bonds. The highest BCUT2D eigenvalue weighted by Crippen LogP contribution is 2.34. The van der Waals surface area contributed by atoms with Gasteiger partial charge in [-0.2, -0.15) is 5.10 Å². The van der Waals surface area contributed by atoms with Gasteiger partial charge in [0.05, 0.1) is 6.04 Å². The molecule has 2 unspecified atom stereocenters. The van der Waals surface area contributed by atoms with E-state index in [1.165, 1.54) is 17.1 Å². The topological polar surface area (TPSA) is 27.6 Å². The van der Waals surface area contributed by atoms with Crippen LogP contribution in [0, 0.1) is 5.92 Å². The average molecular weight is 235 g/mol. The number of nitrogens with one attached hydrogen (secondary N) is 1. The maximum absolute atomic E-state index is 4.51. The van der Waals surface area contributed by atoms with E-state index in [0.29, 0.717) is 12.0 Å². The fourth-order valence-corrected chi connectivity index (χ4v) is 3.46. The smallest absolute Gasteiger partial charge is 0.0874 e. The van der Waals surface area contributed by atoms with Crippen LogP contribution in [0.5, 0.6) is 0 Å². The van der Waals surface area contributed by atoms with Crippen LogP contribution in [0.25, 0.3) is 0 Å². The van der Waals surface area contributed by atoms with Gasteiger partial charge >= 0.3 is 0 Å². The first-order chi connectivity index (χ1) is 7.88. The molecule has 1 aromatic heterocycles. The van der Waals surface area contributed by atoms with E-state index in [4.69, 9.17) is 0 Å². The largest absolute Gasteiger partial charge is 0.302 e. The Bertz CT molecular complexity index is 385. The summed E-state index contributed by atoms with van der Waals surface area (Å²) in [7, 11) is 0. The predicted octanol–water partition coefficient (Wildman–Crippen LogP) is 2.09. The van der Waals surface area contributed by atoms with Crippen LogP contribution in [0.3, 0.4) is 0 Å². The predicted molar refractivity (Wildman–Crippen MR) is 67.9 cm³/mol. The van der Waals surface area contributed by atoms with Gasteiger partial charge in [-0.25, -0.2) is 0 Å². The third-order valence-electron chi connectivity index (χ3n) is 3.61. The highest BCUT2D eigenvalue weighted by atomic mass is 32.1. The van der Waals surface area contributed by atoms with Gasteiger partial charge in [-0.1, -0.05) is 13.0 Å². The molecular weight excluding hydrogens is 218 g/mol. The zero-order valence-electron chi connectivity index (χ0n) is 9.52. The lowest BCUT2D eigenvalue weighted by Gasteiger charge is -2.32. The second-order valence-electron chi connectivity index (χ2n) is 4.48. The lowest BCUT2D eigenvalue weighted by Crippen LogP contribution is -2.41. The van der Waals surface area contributed by atoms with Gasteiger partial charge in [0.1, 0.15) is 0 Å². The van der Waals surface area contributed by atoms with E-state index in [0.717, 1.165) is 19.5 Å². The van der Waals surface area contributed by atoms with Crippen molar-refractivity contribution in [2.75, 3.05) is 19.6 Å². The molecule has 0 saturated carbocycles. The van der Waals surface area contributed by atoms with Crippen molar-refractivity contribution in [2.45, 2.75) is 19.4 Å². The van der Waals surface area contributed by atoms with Gasteiger partial charge in [-0.05, 0) is 18.0 Å². The van der Waals surface area contributed by atoms with E-state index >= 15 is 0 Å². The van der Waals surface area contributed by atoms with Crippen molar-refractivity contribution in [2.24, 2.45) is 11.0 Å². The first-order valence-electron chi connectivity index (χ1n) is 5.96. The summed E-state index contributed by atoms with van der Waals surface area (Å²) in [6.07, 6.45) is 1.13. The Hall–Kier alpha value is -0.870. The van der Waals surface area contributed by atoms with E-state index in [-0.39, 0.29) is 0 Å². The Morgan fingerprint density at radius 1 is 1.62 bits per heavy atom. The molecule has 2 atom stereocenters. The fourth-order valence-electron chi connectivity index (χ4n) is 2.63. The van der Waals surface area contributed by atoms with Crippen molar-refractivity contribution >= 4 is 17.0 Å². The first-order valence-corrected chi connectivity index (χ1v) is 6.84. The Labute approximate surface area is 100 Å². The number of piperidine rings is 1. The molecule has 3 heterocycles. The SMILES string of the molecule is CCN1CCC2=NNC(c3cccs3)C2C1. The molecule has 0 spiro atoms. The Morgan fingerprint density at radius 3 is 3.31 bits per heavy atom. The van der Waals surface area contributed by atoms with Crippen LogP contribution in [-0.2, 0) is 0 Å². The summed E-state index contributed by atoms with van der Waals surface area (Å²) in [6, 6.07) is 4.76. The highest BCUT2D eigenvalue weighted by molar-refractivity contribution is 7.10. The summed E-state index contributed by atoms with van der Waals surface area (Å²) >= 11 is 1.83. The summed E-state index contributed by atoms with van der Waals surface area (Å²) < 4.78 is 0. The highest BCUT2D eigenvalue weighted by Gasteiger charge is 2.36. The molecule has 0 bridgehead atoms. The van der Waals surface area contributed by atoms with Gasteiger partial charge in [0.2, 0.25) is 0 Å². The van der Waals surface area contributed by atoms with E-state index in [1.807, 2.05) is 11.3 Å². The van der Waals surface area contributed by atoms with Crippen LogP contribution in [0.15, 0.2) is 22.6 Å². The fraction of sp³-hybridized carbons (Fsp3) is 0.583. The van der Waals surface area contributed by atoms with Crippen LogP contribution >= 0.6 is 11.3 Å². The normalized spacial score (nSPS) is 29.7. The molecule has 1 saturated heterocycles. The average Bonchev–Trinajstić information content (AvgIpc) is 2.96. The minimum Gasteiger partial charge on any atom is -0.302 e. The van der Waals surface area contributed by atoms with Gasteiger partial charge in [0.25, 0.3) is 0 Å². The van der Waals surface area contributed by atoms with Crippen LogP contribution in [-0.4, -0.2) is 30.2 Å². The van der Waals surface area contributed by atoms with Crippen molar-refractivity contribution in [3.63, 3.8) is 0 Å². The number of nitrogens with zero attached hydrogens (tertiary/aromatic N) is 2. The van der Waals surface area contributed by atoms with Crippen LogP contribution in [0.2, 0.25) is 0 Å².